The van der Waals surface area contributed by atoms with Gasteiger partial charge in [-0.25, -0.2) is 4.98 Å². The van der Waals surface area contributed by atoms with Crippen molar-refractivity contribution in [3.63, 3.8) is 0 Å². The van der Waals surface area contributed by atoms with E-state index in [1.54, 1.807) is 0 Å². The molecule has 2 heterocycles. The van der Waals surface area contributed by atoms with Crippen molar-refractivity contribution >= 4 is 60.7 Å². The zero-order valence-electron chi connectivity index (χ0n) is 27.6. The Balaban J connectivity index is 1.16. The van der Waals surface area contributed by atoms with E-state index in [1.165, 1.54) is 27.4 Å². The highest BCUT2D eigenvalue weighted by atomic mass is 16.3. The molecule has 0 unspecified atom stereocenters. The SMILES string of the molecule is c1ccc(-c2cccc(N(c3ccc(-n4c5ccccc5c5ccccc54)cc3)c3cccc4c3ccc3nc(-c5ccccc5)oc34)c2)cc1. The molecule has 0 radical (unpaired) electrons. The first-order valence-corrected chi connectivity index (χ1v) is 17.2. The normalized spacial score (nSPS) is 11.5. The van der Waals surface area contributed by atoms with Crippen molar-refractivity contribution in [3.8, 4) is 28.3 Å². The largest absolute Gasteiger partial charge is 0.435 e. The van der Waals surface area contributed by atoms with Crippen molar-refractivity contribution in [2.45, 2.75) is 0 Å². The Bertz CT molecular complexity index is 2800. The second kappa shape index (κ2) is 11.9. The van der Waals surface area contributed by atoms with Gasteiger partial charge in [-0.3, -0.25) is 0 Å². The maximum Gasteiger partial charge on any atom is 0.227 e. The Labute approximate surface area is 295 Å². The van der Waals surface area contributed by atoms with E-state index in [0.717, 1.165) is 55.7 Å². The lowest BCUT2D eigenvalue weighted by Crippen LogP contribution is -2.11. The molecule has 0 spiro atoms. The molecule has 2 aromatic heterocycles. The molecule has 10 rings (SSSR count). The third kappa shape index (κ3) is 4.88. The zero-order chi connectivity index (χ0) is 33.7. The minimum atomic E-state index is 0.622. The van der Waals surface area contributed by atoms with Crippen LogP contribution in [0.4, 0.5) is 17.1 Å². The highest BCUT2D eigenvalue weighted by molar-refractivity contribution is 6.11. The van der Waals surface area contributed by atoms with E-state index in [9.17, 15) is 0 Å². The Hall–Kier alpha value is -6.91. The van der Waals surface area contributed by atoms with Gasteiger partial charge in [-0.1, -0.05) is 109 Å². The van der Waals surface area contributed by atoms with Gasteiger partial charge in [0.25, 0.3) is 0 Å². The predicted octanol–water partition coefficient (Wildman–Crippen LogP) is 12.9. The second-order valence-electron chi connectivity index (χ2n) is 12.8. The fourth-order valence-electron chi connectivity index (χ4n) is 7.46. The summed E-state index contributed by atoms with van der Waals surface area (Å²) in [5.74, 6) is 0.622. The van der Waals surface area contributed by atoms with E-state index in [4.69, 9.17) is 9.40 Å². The monoisotopic (exact) mass is 653 g/mol. The number of hydrogen-bond donors (Lipinski definition) is 0. The van der Waals surface area contributed by atoms with Crippen molar-refractivity contribution in [1.82, 2.24) is 9.55 Å². The van der Waals surface area contributed by atoms with Crippen LogP contribution >= 0.6 is 0 Å². The van der Waals surface area contributed by atoms with Crippen LogP contribution in [0.2, 0.25) is 0 Å². The predicted molar refractivity (Wildman–Crippen MR) is 211 cm³/mol. The summed E-state index contributed by atoms with van der Waals surface area (Å²) in [6.07, 6.45) is 0. The van der Waals surface area contributed by atoms with E-state index in [2.05, 4.69) is 167 Å². The number of anilines is 3. The number of fused-ring (bicyclic) bond motifs is 6. The standard InChI is InChI=1S/C47H31N3O/c1-3-13-32(14-4-1)34-17-11-18-37(31-34)49(35-25-27-36(28-26-35)50-44-22-9-7-19-38(44)39-20-8-10-23-45(39)50)43-24-12-21-41-40(43)29-30-42-46(41)51-47(48-42)33-15-5-2-6-16-33/h1-31H. The smallest absolute Gasteiger partial charge is 0.227 e. The second-order valence-corrected chi connectivity index (χ2v) is 12.8. The summed E-state index contributed by atoms with van der Waals surface area (Å²) in [6.45, 7) is 0. The molecule has 0 amide bonds. The van der Waals surface area contributed by atoms with Gasteiger partial charge in [0.05, 0.1) is 16.7 Å². The van der Waals surface area contributed by atoms with E-state index < -0.39 is 0 Å². The summed E-state index contributed by atoms with van der Waals surface area (Å²) in [5, 5.41) is 4.60. The third-order valence-electron chi connectivity index (χ3n) is 9.81. The van der Waals surface area contributed by atoms with Crippen molar-refractivity contribution in [3.05, 3.63) is 188 Å². The average molecular weight is 654 g/mol. The van der Waals surface area contributed by atoms with Gasteiger partial charge in [0.2, 0.25) is 5.89 Å². The topological polar surface area (TPSA) is 34.2 Å². The molecule has 240 valence electrons. The van der Waals surface area contributed by atoms with Crippen LogP contribution in [0.25, 0.3) is 71.9 Å². The number of nitrogens with zero attached hydrogens (tertiary/aromatic N) is 3. The highest BCUT2D eigenvalue weighted by Crippen LogP contribution is 2.43. The van der Waals surface area contributed by atoms with Crippen LogP contribution in [0.1, 0.15) is 0 Å². The first kappa shape index (κ1) is 29.0. The Morgan fingerprint density at radius 3 is 1.76 bits per heavy atom. The molecule has 0 N–H and O–H groups in total. The molecule has 0 fully saturated rings. The molecule has 0 aliphatic heterocycles. The molecule has 0 saturated carbocycles. The molecule has 0 aliphatic carbocycles. The maximum absolute atomic E-state index is 6.49. The minimum absolute atomic E-state index is 0.622. The summed E-state index contributed by atoms with van der Waals surface area (Å²) in [5.41, 5.74) is 11.6. The molecule has 4 nitrogen and oxygen atoms in total. The van der Waals surface area contributed by atoms with Gasteiger partial charge >= 0.3 is 0 Å². The Kier molecular flexibility index (Phi) is 6.78. The van der Waals surface area contributed by atoms with Crippen LogP contribution in [-0.2, 0) is 0 Å². The quantitative estimate of drug-likeness (QED) is 0.179. The van der Waals surface area contributed by atoms with Gasteiger partial charge in [-0.05, 0) is 90.0 Å². The lowest BCUT2D eigenvalue weighted by atomic mass is 10.0. The summed E-state index contributed by atoms with van der Waals surface area (Å²) in [7, 11) is 0. The van der Waals surface area contributed by atoms with Gasteiger partial charge in [0, 0.05) is 44.2 Å². The fourth-order valence-corrected chi connectivity index (χ4v) is 7.46. The van der Waals surface area contributed by atoms with Crippen molar-refractivity contribution in [2.24, 2.45) is 0 Å². The molecule has 0 aliphatic rings. The van der Waals surface area contributed by atoms with Crippen molar-refractivity contribution < 1.29 is 4.42 Å². The van der Waals surface area contributed by atoms with E-state index in [1.807, 2.05) is 30.3 Å². The lowest BCUT2D eigenvalue weighted by molar-refractivity contribution is 0.623. The molecule has 4 heteroatoms. The number of para-hydroxylation sites is 2. The number of rotatable bonds is 6. The van der Waals surface area contributed by atoms with Crippen LogP contribution in [-0.4, -0.2) is 9.55 Å². The van der Waals surface area contributed by atoms with Crippen LogP contribution in [0.3, 0.4) is 0 Å². The van der Waals surface area contributed by atoms with E-state index >= 15 is 0 Å². The van der Waals surface area contributed by atoms with Gasteiger partial charge < -0.3 is 13.9 Å². The highest BCUT2D eigenvalue weighted by Gasteiger charge is 2.20. The van der Waals surface area contributed by atoms with Crippen LogP contribution in [0.5, 0.6) is 0 Å². The average Bonchev–Trinajstić information content (AvgIpc) is 3.80. The molecule has 10 aromatic rings. The number of oxazole rings is 1. The summed E-state index contributed by atoms with van der Waals surface area (Å²) in [4.78, 5) is 7.22. The number of aromatic nitrogens is 2. The van der Waals surface area contributed by atoms with Crippen LogP contribution in [0.15, 0.2) is 192 Å². The maximum atomic E-state index is 6.49. The Morgan fingerprint density at radius 2 is 1.04 bits per heavy atom. The molecule has 0 saturated heterocycles. The fraction of sp³-hybridized carbons (Fsp3) is 0. The molecule has 0 atom stereocenters. The lowest BCUT2D eigenvalue weighted by Gasteiger charge is -2.27. The molecule has 51 heavy (non-hydrogen) atoms. The van der Waals surface area contributed by atoms with Crippen molar-refractivity contribution in [1.29, 1.82) is 0 Å². The first-order chi connectivity index (χ1) is 25.3. The summed E-state index contributed by atoms with van der Waals surface area (Å²) < 4.78 is 8.84. The zero-order valence-corrected chi connectivity index (χ0v) is 27.6. The van der Waals surface area contributed by atoms with Crippen LogP contribution < -0.4 is 4.90 Å². The van der Waals surface area contributed by atoms with Gasteiger partial charge in [0.1, 0.15) is 5.52 Å². The summed E-state index contributed by atoms with van der Waals surface area (Å²) in [6, 6.07) is 66.3. The summed E-state index contributed by atoms with van der Waals surface area (Å²) >= 11 is 0. The Morgan fingerprint density at radius 1 is 0.431 bits per heavy atom. The molecule has 0 bridgehead atoms. The third-order valence-corrected chi connectivity index (χ3v) is 9.81. The van der Waals surface area contributed by atoms with Gasteiger partial charge in [-0.15, -0.1) is 0 Å². The molecular formula is C47H31N3O. The van der Waals surface area contributed by atoms with Crippen molar-refractivity contribution in [2.75, 3.05) is 4.90 Å². The van der Waals surface area contributed by atoms with E-state index in [-0.39, 0.29) is 0 Å². The molecular weight excluding hydrogens is 623 g/mol. The number of benzene rings is 8. The van der Waals surface area contributed by atoms with Gasteiger partial charge in [0.15, 0.2) is 5.58 Å². The van der Waals surface area contributed by atoms with E-state index in [0.29, 0.717) is 5.89 Å². The molecule has 8 aromatic carbocycles. The number of hydrogen-bond acceptors (Lipinski definition) is 3. The minimum Gasteiger partial charge on any atom is -0.435 e. The first-order valence-electron chi connectivity index (χ1n) is 17.2. The van der Waals surface area contributed by atoms with Gasteiger partial charge in [-0.2, -0.15) is 0 Å². The van der Waals surface area contributed by atoms with Crippen LogP contribution in [0, 0.1) is 0 Å².